The summed E-state index contributed by atoms with van der Waals surface area (Å²) in [7, 11) is 0. The normalized spacial score (nSPS) is 10.9. The van der Waals surface area contributed by atoms with Crippen LogP contribution in [0.15, 0.2) is 47.8 Å². The molecule has 2 aromatic carbocycles. The number of thiazole rings is 1. The first-order valence-corrected chi connectivity index (χ1v) is 9.61. The summed E-state index contributed by atoms with van der Waals surface area (Å²) in [5.41, 5.74) is 1.41. The molecule has 2 N–H and O–H groups in total. The predicted molar refractivity (Wildman–Crippen MR) is 106 cm³/mol. The van der Waals surface area contributed by atoms with Crippen molar-refractivity contribution in [3.63, 3.8) is 0 Å². The van der Waals surface area contributed by atoms with E-state index in [4.69, 9.17) is 10.2 Å². The number of benzene rings is 2. The largest absolute Gasteiger partial charge is 0.508 e. The van der Waals surface area contributed by atoms with E-state index in [-0.39, 0.29) is 12.1 Å². The van der Waals surface area contributed by atoms with Gasteiger partial charge in [0, 0.05) is 11.8 Å². The van der Waals surface area contributed by atoms with Crippen molar-refractivity contribution in [1.82, 2.24) is 4.98 Å². The van der Waals surface area contributed by atoms with E-state index in [0.717, 1.165) is 35.5 Å². The van der Waals surface area contributed by atoms with Gasteiger partial charge in [0.25, 0.3) is 0 Å². The van der Waals surface area contributed by atoms with Crippen LogP contribution in [-0.4, -0.2) is 21.2 Å². The highest BCUT2D eigenvalue weighted by Gasteiger charge is 2.30. The number of carbonyl (C=O) groups is 1. The van der Waals surface area contributed by atoms with Crippen LogP contribution in [0, 0.1) is 6.92 Å². The highest BCUT2D eigenvalue weighted by atomic mass is 32.1. The van der Waals surface area contributed by atoms with Crippen molar-refractivity contribution >= 4 is 17.3 Å². The Bertz CT molecular complexity index is 983. The number of aromatic hydroxyl groups is 1. The lowest BCUT2D eigenvalue weighted by molar-refractivity contribution is -0.137. The first-order valence-electron chi connectivity index (χ1n) is 8.73. The average Bonchev–Trinajstić information content (AvgIpc) is 3.12. The molecule has 0 fully saturated rings. The number of phenolic OH excluding ortho intramolecular Hbond substituents is 1. The molecule has 1 aromatic heterocycles. The molecule has 0 aliphatic heterocycles. The molecule has 0 atom stereocenters. The van der Waals surface area contributed by atoms with Gasteiger partial charge in [-0.1, -0.05) is 31.2 Å². The third kappa shape index (κ3) is 6.32. The maximum Gasteiger partial charge on any atom is 0.416 e. The molecule has 0 saturated carbocycles. The number of aryl methyl sites for hydroxylation is 2. The van der Waals surface area contributed by atoms with Crippen LogP contribution in [-0.2, 0) is 19.0 Å². The first kappa shape index (κ1) is 22.4. The van der Waals surface area contributed by atoms with E-state index in [0.29, 0.717) is 21.9 Å². The van der Waals surface area contributed by atoms with E-state index in [1.54, 1.807) is 13.0 Å². The van der Waals surface area contributed by atoms with Crippen LogP contribution in [0.5, 0.6) is 5.75 Å². The minimum absolute atomic E-state index is 0.0883. The lowest BCUT2D eigenvalue weighted by Gasteiger charge is -2.10. The zero-order valence-corrected chi connectivity index (χ0v) is 16.6. The molecule has 0 aliphatic carbocycles. The van der Waals surface area contributed by atoms with Gasteiger partial charge in [0.2, 0.25) is 0 Å². The fraction of sp³-hybridized carbons (Fsp3) is 0.238. The molecular weight excluding hydrogens is 403 g/mol. The standard InChI is InChI=1S/C13H10F3NO2S.C8H10O/c1-7-2-3-9(13(14,15)16)4-8(7)5-11-17-10(6-20-11)12(18)19;1-2-7-5-3-4-6-8(7)9/h2-4,6H,5H2,1H3,(H,18,19);3-6,9H,2H2,1H3. The summed E-state index contributed by atoms with van der Waals surface area (Å²) >= 11 is 1.12. The number of alkyl halides is 3. The van der Waals surface area contributed by atoms with Crippen LogP contribution < -0.4 is 0 Å². The van der Waals surface area contributed by atoms with Gasteiger partial charge in [0.1, 0.15) is 5.75 Å². The summed E-state index contributed by atoms with van der Waals surface area (Å²) in [6.45, 7) is 3.73. The molecule has 0 amide bonds. The van der Waals surface area contributed by atoms with Crippen molar-refractivity contribution in [1.29, 1.82) is 0 Å². The molecular formula is C21H20F3NO3S. The zero-order chi connectivity index (χ0) is 21.6. The number of halogens is 3. The Morgan fingerprint density at radius 3 is 2.34 bits per heavy atom. The molecule has 0 saturated heterocycles. The lowest BCUT2D eigenvalue weighted by atomic mass is 10.0. The maximum absolute atomic E-state index is 12.7. The first-order chi connectivity index (χ1) is 13.6. The molecule has 0 spiro atoms. The zero-order valence-electron chi connectivity index (χ0n) is 15.8. The second-order valence-electron chi connectivity index (χ2n) is 6.23. The molecule has 0 aliphatic rings. The SMILES string of the molecule is CCc1ccccc1O.Cc1ccc(C(F)(F)F)cc1Cc1nc(C(=O)O)cs1. The third-order valence-corrected chi connectivity index (χ3v) is 5.01. The van der Waals surface area contributed by atoms with Gasteiger partial charge < -0.3 is 10.2 Å². The maximum atomic E-state index is 12.7. The quantitative estimate of drug-likeness (QED) is 0.564. The van der Waals surface area contributed by atoms with Crippen LogP contribution in [0.2, 0.25) is 0 Å². The minimum Gasteiger partial charge on any atom is -0.508 e. The summed E-state index contributed by atoms with van der Waals surface area (Å²) in [6.07, 6.45) is -3.31. The van der Waals surface area contributed by atoms with Crippen LogP contribution in [0.25, 0.3) is 0 Å². The average molecular weight is 423 g/mol. The van der Waals surface area contributed by atoms with Gasteiger partial charge in [-0.25, -0.2) is 9.78 Å². The second-order valence-corrected chi connectivity index (χ2v) is 7.17. The smallest absolute Gasteiger partial charge is 0.416 e. The Hall–Kier alpha value is -2.87. The third-order valence-electron chi connectivity index (χ3n) is 4.16. The Morgan fingerprint density at radius 2 is 1.83 bits per heavy atom. The fourth-order valence-corrected chi connectivity index (χ4v) is 3.29. The number of nitrogens with zero attached hydrogens (tertiary/aromatic N) is 1. The van der Waals surface area contributed by atoms with Gasteiger partial charge >= 0.3 is 12.1 Å². The van der Waals surface area contributed by atoms with Crippen molar-refractivity contribution in [2.75, 3.05) is 0 Å². The number of hydrogen-bond donors (Lipinski definition) is 2. The van der Waals surface area contributed by atoms with Gasteiger partial charge in [0.05, 0.1) is 10.6 Å². The Labute approximate surface area is 170 Å². The van der Waals surface area contributed by atoms with Crippen molar-refractivity contribution in [2.24, 2.45) is 0 Å². The summed E-state index contributed by atoms with van der Waals surface area (Å²) in [6, 6.07) is 10.9. The molecule has 154 valence electrons. The number of carboxylic acids is 1. The number of carboxylic acid groups (broad SMARTS) is 1. The van der Waals surface area contributed by atoms with E-state index < -0.39 is 17.7 Å². The van der Waals surface area contributed by atoms with Crippen LogP contribution in [0.3, 0.4) is 0 Å². The molecule has 1 heterocycles. The molecule has 3 rings (SSSR count). The molecule has 4 nitrogen and oxygen atoms in total. The van der Waals surface area contributed by atoms with Crippen LogP contribution in [0.1, 0.15) is 44.7 Å². The monoisotopic (exact) mass is 423 g/mol. The van der Waals surface area contributed by atoms with Gasteiger partial charge in [0.15, 0.2) is 5.69 Å². The lowest BCUT2D eigenvalue weighted by Crippen LogP contribution is -2.06. The van der Waals surface area contributed by atoms with Gasteiger partial charge in [-0.2, -0.15) is 13.2 Å². The number of aromatic nitrogens is 1. The summed E-state index contributed by atoms with van der Waals surface area (Å²) < 4.78 is 38.0. The van der Waals surface area contributed by atoms with Crippen molar-refractivity contribution < 1.29 is 28.2 Å². The topological polar surface area (TPSA) is 70.4 Å². The van der Waals surface area contributed by atoms with Crippen molar-refractivity contribution in [2.45, 2.75) is 32.9 Å². The Morgan fingerprint density at radius 1 is 1.14 bits per heavy atom. The van der Waals surface area contributed by atoms with E-state index in [1.807, 2.05) is 25.1 Å². The minimum atomic E-state index is -4.39. The van der Waals surface area contributed by atoms with Gasteiger partial charge in [-0.15, -0.1) is 11.3 Å². The van der Waals surface area contributed by atoms with E-state index >= 15 is 0 Å². The number of aromatic carboxylic acids is 1. The van der Waals surface area contributed by atoms with Gasteiger partial charge in [-0.05, 0) is 48.2 Å². The summed E-state index contributed by atoms with van der Waals surface area (Å²) in [5.74, 6) is -0.742. The van der Waals surface area contributed by atoms with E-state index in [1.165, 1.54) is 11.4 Å². The van der Waals surface area contributed by atoms with Crippen LogP contribution in [0.4, 0.5) is 13.2 Å². The predicted octanol–water partition coefficient (Wildman–Crippen LogP) is 5.71. The number of hydrogen-bond acceptors (Lipinski definition) is 4. The van der Waals surface area contributed by atoms with E-state index in [2.05, 4.69) is 4.98 Å². The molecule has 3 aromatic rings. The highest BCUT2D eigenvalue weighted by molar-refractivity contribution is 7.09. The number of rotatable bonds is 4. The summed E-state index contributed by atoms with van der Waals surface area (Å²) in [5, 5.41) is 19.7. The Kier molecular flexibility index (Phi) is 7.39. The molecule has 0 bridgehead atoms. The number of phenols is 1. The van der Waals surface area contributed by atoms with Gasteiger partial charge in [-0.3, -0.25) is 0 Å². The fourth-order valence-electron chi connectivity index (χ4n) is 2.50. The van der Waals surface area contributed by atoms with E-state index in [9.17, 15) is 18.0 Å². The Balaban J connectivity index is 0.000000278. The molecule has 8 heteroatoms. The second kappa shape index (κ2) is 9.56. The number of para-hydroxylation sites is 1. The van der Waals surface area contributed by atoms with Crippen molar-refractivity contribution in [3.05, 3.63) is 80.8 Å². The molecule has 0 radical (unpaired) electrons. The molecule has 29 heavy (non-hydrogen) atoms. The summed E-state index contributed by atoms with van der Waals surface area (Å²) in [4.78, 5) is 14.6. The molecule has 0 unspecified atom stereocenters. The van der Waals surface area contributed by atoms with Crippen LogP contribution >= 0.6 is 11.3 Å². The van der Waals surface area contributed by atoms with Crippen molar-refractivity contribution in [3.8, 4) is 5.75 Å². The highest BCUT2D eigenvalue weighted by Crippen LogP contribution is 2.31.